The molecule has 0 bridgehead atoms. The SMILES string of the molecule is COc1cccc(NC(=O)c2ccc(=O)n(CC(C)C)n2)c1. The van der Waals surface area contributed by atoms with E-state index in [1.165, 1.54) is 16.8 Å². The van der Waals surface area contributed by atoms with Crippen LogP contribution in [0.4, 0.5) is 5.69 Å². The molecule has 1 heterocycles. The first-order valence-electron chi connectivity index (χ1n) is 7.03. The Balaban J connectivity index is 2.20. The second kappa shape index (κ2) is 6.89. The normalized spacial score (nSPS) is 10.5. The molecule has 0 unspecified atom stereocenters. The largest absolute Gasteiger partial charge is 0.497 e. The van der Waals surface area contributed by atoms with Crippen molar-refractivity contribution in [3.05, 3.63) is 52.4 Å². The average molecular weight is 301 g/mol. The summed E-state index contributed by atoms with van der Waals surface area (Å²) in [5.41, 5.74) is 0.586. The number of anilines is 1. The van der Waals surface area contributed by atoms with Crippen molar-refractivity contribution in [3.63, 3.8) is 0 Å². The number of nitrogens with zero attached hydrogens (tertiary/aromatic N) is 2. The number of amides is 1. The topological polar surface area (TPSA) is 73.2 Å². The molecule has 0 fully saturated rings. The van der Waals surface area contributed by atoms with Crippen LogP contribution in [0.15, 0.2) is 41.2 Å². The van der Waals surface area contributed by atoms with Gasteiger partial charge in [-0.1, -0.05) is 19.9 Å². The van der Waals surface area contributed by atoms with Gasteiger partial charge in [-0.25, -0.2) is 4.68 Å². The molecule has 22 heavy (non-hydrogen) atoms. The van der Waals surface area contributed by atoms with Gasteiger partial charge in [0.15, 0.2) is 0 Å². The molecule has 1 aromatic carbocycles. The first-order valence-corrected chi connectivity index (χ1v) is 7.03. The van der Waals surface area contributed by atoms with Crippen molar-refractivity contribution >= 4 is 11.6 Å². The number of rotatable bonds is 5. The summed E-state index contributed by atoms with van der Waals surface area (Å²) in [5, 5.41) is 6.85. The third-order valence-electron chi connectivity index (χ3n) is 2.96. The fourth-order valence-electron chi connectivity index (χ4n) is 1.94. The van der Waals surface area contributed by atoms with Crippen molar-refractivity contribution in [2.24, 2.45) is 5.92 Å². The highest BCUT2D eigenvalue weighted by Crippen LogP contribution is 2.17. The van der Waals surface area contributed by atoms with Gasteiger partial charge >= 0.3 is 0 Å². The lowest BCUT2D eigenvalue weighted by molar-refractivity contribution is 0.101. The number of hydrogen-bond donors (Lipinski definition) is 1. The third-order valence-corrected chi connectivity index (χ3v) is 2.96. The van der Waals surface area contributed by atoms with E-state index in [1.807, 2.05) is 13.8 Å². The lowest BCUT2D eigenvalue weighted by atomic mass is 10.2. The Kier molecular flexibility index (Phi) is 4.93. The van der Waals surface area contributed by atoms with E-state index in [4.69, 9.17) is 4.74 Å². The molecule has 1 N–H and O–H groups in total. The molecule has 2 aromatic rings. The fraction of sp³-hybridized carbons (Fsp3) is 0.312. The van der Waals surface area contributed by atoms with Crippen molar-refractivity contribution in [2.75, 3.05) is 12.4 Å². The summed E-state index contributed by atoms with van der Waals surface area (Å²) < 4.78 is 6.42. The first-order chi connectivity index (χ1) is 10.5. The average Bonchev–Trinajstić information content (AvgIpc) is 2.49. The number of carbonyl (C=O) groups excluding carboxylic acids is 1. The van der Waals surface area contributed by atoms with Crippen molar-refractivity contribution in [3.8, 4) is 5.75 Å². The number of benzene rings is 1. The summed E-state index contributed by atoms with van der Waals surface area (Å²) in [4.78, 5) is 24.0. The molecule has 0 aliphatic rings. The van der Waals surface area contributed by atoms with E-state index in [-0.39, 0.29) is 23.1 Å². The van der Waals surface area contributed by atoms with E-state index in [0.717, 1.165) is 0 Å². The molecule has 0 aliphatic carbocycles. The van der Waals surface area contributed by atoms with Gasteiger partial charge in [0.1, 0.15) is 11.4 Å². The van der Waals surface area contributed by atoms with Crippen LogP contribution in [-0.4, -0.2) is 22.8 Å². The Morgan fingerprint density at radius 2 is 2.09 bits per heavy atom. The monoisotopic (exact) mass is 301 g/mol. The quantitative estimate of drug-likeness (QED) is 0.918. The van der Waals surface area contributed by atoms with E-state index in [0.29, 0.717) is 18.0 Å². The van der Waals surface area contributed by atoms with Gasteiger partial charge in [-0.05, 0) is 24.1 Å². The highest BCUT2D eigenvalue weighted by atomic mass is 16.5. The van der Waals surface area contributed by atoms with Gasteiger partial charge in [0.05, 0.1) is 7.11 Å². The molecule has 0 saturated carbocycles. The van der Waals surface area contributed by atoms with Gasteiger partial charge in [-0.15, -0.1) is 0 Å². The minimum absolute atomic E-state index is 0.197. The zero-order chi connectivity index (χ0) is 16.1. The molecule has 1 amide bonds. The molecule has 6 nitrogen and oxygen atoms in total. The van der Waals surface area contributed by atoms with Crippen molar-refractivity contribution < 1.29 is 9.53 Å². The van der Waals surface area contributed by atoms with Crippen LogP contribution >= 0.6 is 0 Å². The summed E-state index contributed by atoms with van der Waals surface area (Å²) in [6.45, 7) is 4.44. The third kappa shape index (κ3) is 3.94. The van der Waals surface area contributed by atoms with E-state index < -0.39 is 0 Å². The van der Waals surface area contributed by atoms with Gasteiger partial charge in [0.25, 0.3) is 11.5 Å². The fourth-order valence-corrected chi connectivity index (χ4v) is 1.94. The Morgan fingerprint density at radius 3 is 2.77 bits per heavy atom. The number of nitrogens with one attached hydrogen (secondary N) is 1. The van der Waals surface area contributed by atoms with Crippen LogP contribution in [0.2, 0.25) is 0 Å². The van der Waals surface area contributed by atoms with Crippen molar-refractivity contribution in [1.82, 2.24) is 9.78 Å². The summed E-state index contributed by atoms with van der Waals surface area (Å²) in [5.74, 6) is 0.545. The van der Waals surface area contributed by atoms with Gasteiger partial charge in [-0.3, -0.25) is 9.59 Å². The maximum atomic E-state index is 12.2. The van der Waals surface area contributed by atoms with Crippen LogP contribution in [0.5, 0.6) is 5.75 Å². The molecule has 0 aliphatic heterocycles. The Hall–Kier alpha value is -2.63. The number of carbonyl (C=O) groups is 1. The van der Waals surface area contributed by atoms with Gasteiger partial charge < -0.3 is 10.1 Å². The zero-order valence-electron chi connectivity index (χ0n) is 12.9. The predicted octanol–water partition coefficient (Wildman–Crippen LogP) is 2.16. The summed E-state index contributed by atoms with van der Waals surface area (Å²) >= 11 is 0. The van der Waals surface area contributed by atoms with Gasteiger partial charge in [-0.2, -0.15) is 5.10 Å². The van der Waals surface area contributed by atoms with Gasteiger partial charge in [0, 0.05) is 24.4 Å². The van der Waals surface area contributed by atoms with Crippen LogP contribution in [0.25, 0.3) is 0 Å². The Labute approximate surface area is 128 Å². The standard InChI is InChI=1S/C16H19N3O3/c1-11(2)10-19-15(20)8-7-14(18-19)16(21)17-12-5-4-6-13(9-12)22-3/h4-9,11H,10H2,1-3H3,(H,17,21). The number of aromatic nitrogens is 2. The lowest BCUT2D eigenvalue weighted by Crippen LogP contribution is -2.27. The van der Waals surface area contributed by atoms with Crippen LogP contribution in [0, 0.1) is 5.92 Å². The molecule has 1 aromatic heterocycles. The molecular weight excluding hydrogens is 282 g/mol. The second-order valence-electron chi connectivity index (χ2n) is 5.32. The molecule has 0 radical (unpaired) electrons. The molecule has 2 rings (SSSR count). The molecule has 0 spiro atoms. The Morgan fingerprint density at radius 1 is 1.32 bits per heavy atom. The summed E-state index contributed by atoms with van der Waals surface area (Å²) in [6.07, 6.45) is 0. The van der Waals surface area contributed by atoms with Gasteiger partial charge in [0.2, 0.25) is 0 Å². The highest BCUT2D eigenvalue weighted by Gasteiger charge is 2.11. The van der Waals surface area contributed by atoms with Crippen molar-refractivity contribution in [2.45, 2.75) is 20.4 Å². The van der Waals surface area contributed by atoms with E-state index in [2.05, 4.69) is 10.4 Å². The predicted molar refractivity (Wildman–Crippen MR) is 84.3 cm³/mol. The first kappa shape index (κ1) is 15.8. The van der Waals surface area contributed by atoms with Crippen molar-refractivity contribution in [1.29, 1.82) is 0 Å². The minimum atomic E-state index is -0.370. The molecule has 0 atom stereocenters. The van der Waals surface area contributed by atoms with E-state index >= 15 is 0 Å². The van der Waals surface area contributed by atoms with Crippen LogP contribution < -0.4 is 15.6 Å². The zero-order valence-corrected chi connectivity index (χ0v) is 12.9. The maximum absolute atomic E-state index is 12.2. The maximum Gasteiger partial charge on any atom is 0.276 e. The minimum Gasteiger partial charge on any atom is -0.497 e. The highest BCUT2D eigenvalue weighted by molar-refractivity contribution is 6.02. The number of methoxy groups -OCH3 is 1. The summed E-state index contributed by atoms with van der Waals surface area (Å²) in [7, 11) is 1.56. The van der Waals surface area contributed by atoms with Crippen LogP contribution in [0.3, 0.4) is 0 Å². The van der Waals surface area contributed by atoms with E-state index in [1.54, 1.807) is 31.4 Å². The lowest BCUT2D eigenvalue weighted by Gasteiger charge is -2.10. The van der Waals surface area contributed by atoms with Crippen LogP contribution in [0.1, 0.15) is 24.3 Å². The molecule has 0 saturated heterocycles. The second-order valence-corrected chi connectivity index (χ2v) is 5.32. The molecule has 116 valence electrons. The molecular formula is C16H19N3O3. The molecule has 6 heteroatoms. The smallest absolute Gasteiger partial charge is 0.276 e. The Bertz CT molecular complexity index is 723. The van der Waals surface area contributed by atoms with Crippen LogP contribution in [-0.2, 0) is 6.54 Å². The summed E-state index contributed by atoms with van der Waals surface area (Å²) in [6, 6.07) is 9.81. The van der Waals surface area contributed by atoms with E-state index in [9.17, 15) is 9.59 Å². The number of ether oxygens (including phenoxy) is 1. The number of hydrogen-bond acceptors (Lipinski definition) is 4.